The Morgan fingerprint density at radius 2 is 1.62 bits per heavy atom. The van der Waals surface area contributed by atoms with E-state index in [1.807, 2.05) is 48.5 Å². The van der Waals surface area contributed by atoms with Gasteiger partial charge >= 0.3 is 0 Å². The summed E-state index contributed by atoms with van der Waals surface area (Å²) in [4.78, 5) is 6.95. The molecule has 3 heteroatoms. The Morgan fingerprint density at radius 3 is 2.12 bits per heavy atom. The quantitative estimate of drug-likeness (QED) is 0.759. The molecule has 0 saturated carbocycles. The molecule has 0 aliphatic heterocycles. The first kappa shape index (κ1) is 18.2. The number of hydrogen-bond acceptors (Lipinski definition) is 3. The van der Waals surface area contributed by atoms with Gasteiger partial charge in [0, 0.05) is 24.8 Å². The van der Waals surface area contributed by atoms with Crippen LogP contribution in [0.1, 0.15) is 45.4 Å². The van der Waals surface area contributed by atoms with Crippen molar-refractivity contribution in [2.24, 2.45) is 0 Å². The lowest BCUT2D eigenvalue weighted by Gasteiger charge is -2.34. The van der Waals surface area contributed by atoms with Gasteiger partial charge in [-0.15, -0.1) is 0 Å². The molecular weight excluding hydrogens is 294 g/mol. The standard InChI is InChI=1S/C21H27N3/c1-17(2)24(18(3)4)15-13-21(16-22,19-10-6-5-7-11-19)20-12-8-9-14-23-20/h5-12,14,17-18H,13,15H2,1-4H3/t21-/m0/s1. The van der Waals surface area contributed by atoms with Crippen molar-refractivity contribution in [3.05, 3.63) is 66.0 Å². The first-order valence-corrected chi connectivity index (χ1v) is 8.65. The minimum Gasteiger partial charge on any atom is -0.298 e. The highest BCUT2D eigenvalue weighted by molar-refractivity contribution is 5.42. The van der Waals surface area contributed by atoms with Crippen molar-refractivity contribution >= 4 is 0 Å². The van der Waals surface area contributed by atoms with Crippen LogP contribution in [0.2, 0.25) is 0 Å². The maximum atomic E-state index is 10.2. The van der Waals surface area contributed by atoms with Crippen LogP contribution in [0.4, 0.5) is 0 Å². The molecule has 0 saturated heterocycles. The monoisotopic (exact) mass is 321 g/mol. The van der Waals surface area contributed by atoms with Gasteiger partial charge in [-0.1, -0.05) is 36.4 Å². The number of aromatic nitrogens is 1. The average molecular weight is 321 g/mol. The van der Waals surface area contributed by atoms with E-state index < -0.39 is 5.41 Å². The molecule has 1 aromatic heterocycles. The fourth-order valence-corrected chi connectivity index (χ4v) is 3.35. The highest BCUT2D eigenvalue weighted by Gasteiger charge is 2.36. The zero-order valence-electron chi connectivity index (χ0n) is 15.1. The number of nitriles is 1. The van der Waals surface area contributed by atoms with E-state index in [9.17, 15) is 5.26 Å². The summed E-state index contributed by atoms with van der Waals surface area (Å²) in [7, 11) is 0. The van der Waals surface area contributed by atoms with E-state index >= 15 is 0 Å². The minimum absolute atomic E-state index is 0.445. The normalized spacial score (nSPS) is 13.9. The molecular formula is C21H27N3. The fraction of sp³-hybridized carbons (Fsp3) is 0.429. The lowest BCUT2D eigenvalue weighted by molar-refractivity contribution is 0.166. The van der Waals surface area contributed by atoms with Gasteiger partial charge in [0.1, 0.15) is 5.41 Å². The number of nitrogens with zero attached hydrogens (tertiary/aromatic N) is 3. The molecule has 3 nitrogen and oxygen atoms in total. The summed E-state index contributed by atoms with van der Waals surface area (Å²) in [5, 5.41) is 10.2. The second-order valence-corrected chi connectivity index (χ2v) is 6.77. The first-order chi connectivity index (χ1) is 11.5. The number of rotatable bonds is 7. The van der Waals surface area contributed by atoms with Crippen LogP contribution in [0.5, 0.6) is 0 Å². The second kappa shape index (κ2) is 8.08. The Bertz CT molecular complexity index is 609. The highest BCUT2D eigenvalue weighted by atomic mass is 15.2. The zero-order valence-corrected chi connectivity index (χ0v) is 15.1. The minimum atomic E-state index is -0.718. The number of benzene rings is 1. The van der Waals surface area contributed by atoms with E-state index in [-0.39, 0.29) is 0 Å². The van der Waals surface area contributed by atoms with E-state index in [1.54, 1.807) is 6.20 Å². The van der Waals surface area contributed by atoms with Gasteiger partial charge in [0.15, 0.2) is 0 Å². The SMILES string of the molecule is CC(C)N(CC[C@](C#N)(c1ccccc1)c1ccccn1)C(C)C. The van der Waals surface area contributed by atoms with Gasteiger partial charge < -0.3 is 0 Å². The van der Waals surface area contributed by atoms with Crippen LogP contribution in [-0.2, 0) is 5.41 Å². The lowest BCUT2D eigenvalue weighted by atomic mass is 9.75. The molecule has 0 amide bonds. The summed E-state index contributed by atoms with van der Waals surface area (Å²) in [5.41, 5.74) is 1.12. The van der Waals surface area contributed by atoms with Gasteiger partial charge in [0.2, 0.25) is 0 Å². The largest absolute Gasteiger partial charge is 0.298 e. The molecule has 2 rings (SSSR count). The molecule has 0 spiro atoms. The third-order valence-corrected chi connectivity index (χ3v) is 4.63. The predicted octanol–water partition coefficient (Wildman–Crippen LogP) is 4.40. The Hall–Kier alpha value is -2.18. The van der Waals surface area contributed by atoms with Crippen molar-refractivity contribution in [1.82, 2.24) is 9.88 Å². The van der Waals surface area contributed by atoms with Crippen LogP contribution in [0.25, 0.3) is 0 Å². The molecule has 1 aromatic carbocycles. The Balaban J connectivity index is 2.42. The lowest BCUT2D eigenvalue weighted by Crippen LogP contribution is -2.41. The van der Waals surface area contributed by atoms with Gasteiger partial charge in [-0.2, -0.15) is 5.26 Å². The molecule has 0 radical (unpaired) electrons. The summed E-state index contributed by atoms with van der Waals surface area (Å²) < 4.78 is 0. The molecule has 0 aliphatic rings. The number of pyridine rings is 1. The second-order valence-electron chi connectivity index (χ2n) is 6.77. The molecule has 1 atom stereocenters. The maximum absolute atomic E-state index is 10.2. The summed E-state index contributed by atoms with van der Waals surface area (Å²) in [6, 6.07) is 19.3. The van der Waals surface area contributed by atoms with Gasteiger partial charge in [-0.05, 0) is 51.8 Å². The molecule has 0 N–H and O–H groups in total. The van der Waals surface area contributed by atoms with Gasteiger partial charge in [0.25, 0.3) is 0 Å². The maximum Gasteiger partial charge on any atom is 0.125 e. The predicted molar refractivity (Wildman–Crippen MR) is 98.7 cm³/mol. The molecule has 1 heterocycles. The topological polar surface area (TPSA) is 39.9 Å². The molecule has 2 aromatic rings. The van der Waals surface area contributed by atoms with Crippen LogP contribution >= 0.6 is 0 Å². The van der Waals surface area contributed by atoms with E-state index in [1.165, 1.54) is 0 Å². The fourth-order valence-electron chi connectivity index (χ4n) is 3.35. The molecule has 0 fully saturated rings. The first-order valence-electron chi connectivity index (χ1n) is 8.65. The van der Waals surface area contributed by atoms with Crippen molar-refractivity contribution in [1.29, 1.82) is 5.26 Å². The van der Waals surface area contributed by atoms with Crippen molar-refractivity contribution in [2.45, 2.75) is 51.6 Å². The third-order valence-electron chi connectivity index (χ3n) is 4.63. The summed E-state index contributed by atoms with van der Waals surface area (Å²) >= 11 is 0. The van der Waals surface area contributed by atoms with Crippen molar-refractivity contribution in [3.8, 4) is 6.07 Å². The molecule has 126 valence electrons. The highest BCUT2D eigenvalue weighted by Crippen LogP contribution is 2.34. The summed E-state index contributed by atoms with van der Waals surface area (Å²) in [6.07, 6.45) is 2.49. The van der Waals surface area contributed by atoms with E-state index in [0.717, 1.165) is 24.2 Å². The summed E-state index contributed by atoms with van der Waals surface area (Å²) in [6.45, 7) is 9.68. The smallest absolute Gasteiger partial charge is 0.125 e. The van der Waals surface area contributed by atoms with Crippen LogP contribution in [-0.4, -0.2) is 28.5 Å². The van der Waals surface area contributed by atoms with E-state index in [2.05, 4.69) is 43.6 Å². The molecule has 0 bridgehead atoms. The van der Waals surface area contributed by atoms with Crippen LogP contribution in [0, 0.1) is 11.3 Å². The van der Waals surface area contributed by atoms with Crippen LogP contribution < -0.4 is 0 Å². The van der Waals surface area contributed by atoms with Crippen molar-refractivity contribution < 1.29 is 0 Å². The van der Waals surface area contributed by atoms with Gasteiger partial charge in [0.05, 0.1) is 11.8 Å². The van der Waals surface area contributed by atoms with Gasteiger partial charge in [-0.25, -0.2) is 0 Å². The Kier molecular flexibility index (Phi) is 6.11. The zero-order chi connectivity index (χ0) is 17.6. The Morgan fingerprint density at radius 1 is 1.00 bits per heavy atom. The van der Waals surface area contributed by atoms with E-state index in [4.69, 9.17) is 0 Å². The van der Waals surface area contributed by atoms with Crippen LogP contribution in [0.15, 0.2) is 54.7 Å². The summed E-state index contributed by atoms with van der Waals surface area (Å²) in [5.74, 6) is 0. The molecule has 0 unspecified atom stereocenters. The van der Waals surface area contributed by atoms with E-state index in [0.29, 0.717) is 12.1 Å². The van der Waals surface area contributed by atoms with Crippen molar-refractivity contribution in [2.75, 3.05) is 6.54 Å². The molecule has 24 heavy (non-hydrogen) atoms. The Labute approximate surface area is 146 Å². The average Bonchev–Trinajstić information content (AvgIpc) is 2.60. The third kappa shape index (κ3) is 3.83. The number of hydrogen-bond donors (Lipinski definition) is 0. The molecule has 0 aliphatic carbocycles. The van der Waals surface area contributed by atoms with Gasteiger partial charge in [-0.3, -0.25) is 9.88 Å². The van der Waals surface area contributed by atoms with Crippen molar-refractivity contribution in [3.63, 3.8) is 0 Å². The van der Waals surface area contributed by atoms with Crippen LogP contribution in [0.3, 0.4) is 0 Å².